The zero-order chi connectivity index (χ0) is 7.40. The molecule has 10 heavy (non-hydrogen) atoms. The maximum atomic E-state index is 9.96. The number of nitroso groups, excluding NO2 is 1. The van der Waals surface area contributed by atoms with Gasteiger partial charge in [0.05, 0.1) is 11.3 Å². The van der Waals surface area contributed by atoms with E-state index in [4.69, 9.17) is 5.84 Å². The van der Waals surface area contributed by atoms with Crippen molar-refractivity contribution in [3.63, 3.8) is 0 Å². The van der Waals surface area contributed by atoms with E-state index in [1.165, 1.54) is 19.3 Å². The normalized spacial score (nSPS) is 20.5. The molecule has 0 saturated heterocycles. The maximum absolute atomic E-state index is 9.96. The third kappa shape index (κ3) is 1.67. The molecule has 0 aromatic heterocycles. The van der Waals surface area contributed by atoms with E-state index in [0.29, 0.717) is 0 Å². The van der Waals surface area contributed by atoms with Gasteiger partial charge >= 0.3 is 0 Å². The lowest BCUT2D eigenvalue weighted by atomic mass is 9.96. The highest BCUT2D eigenvalue weighted by atomic mass is 16.3. The average molecular weight is 143 g/mol. The zero-order valence-corrected chi connectivity index (χ0v) is 5.99. The molecule has 0 radical (unpaired) electrons. The first kappa shape index (κ1) is 7.47. The minimum absolute atomic E-state index is 0.200. The molecule has 0 amide bonds. The van der Waals surface area contributed by atoms with Crippen molar-refractivity contribution in [3.05, 3.63) is 4.91 Å². The molecular weight excluding hydrogens is 130 g/mol. The molecule has 0 heterocycles. The van der Waals surface area contributed by atoms with Gasteiger partial charge in [0.1, 0.15) is 0 Å². The summed E-state index contributed by atoms with van der Waals surface area (Å²) in [7, 11) is 0. The Morgan fingerprint density at radius 1 is 1.30 bits per heavy atom. The molecule has 1 rings (SSSR count). The Morgan fingerprint density at radius 3 is 2.40 bits per heavy atom. The van der Waals surface area contributed by atoms with Crippen molar-refractivity contribution in [1.82, 2.24) is 5.12 Å². The predicted molar refractivity (Wildman–Crippen MR) is 38.7 cm³/mol. The monoisotopic (exact) mass is 143 g/mol. The van der Waals surface area contributed by atoms with Gasteiger partial charge in [-0.1, -0.05) is 19.3 Å². The smallest absolute Gasteiger partial charge is 0.0684 e. The first-order valence-electron chi connectivity index (χ1n) is 3.72. The highest BCUT2D eigenvalue weighted by Gasteiger charge is 2.17. The Hall–Kier alpha value is -0.640. The molecule has 58 valence electrons. The Balaban J connectivity index is 2.30. The van der Waals surface area contributed by atoms with Crippen molar-refractivity contribution >= 4 is 0 Å². The number of hydrogen-bond acceptors (Lipinski definition) is 3. The van der Waals surface area contributed by atoms with Gasteiger partial charge in [-0.3, -0.25) is 0 Å². The van der Waals surface area contributed by atoms with Crippen molar-refractivity contribution in [2.45, 2.75) is 38.1 Å². The summed E-state index contributed by atoms with van der Waals surface area (Å²) in [6.45, 7) is 0. The molecular formula is C6H13N3O. The third-order valence-electron chi connectivity index (χ3n) is 2.04. The molecule has 1 saturated carbocycles. The third-order valence-corrected chi connectivity index (χ3v) is 2.04. The second-order valence-corrected chi connectivity index (χ2v) is 2.75. The molecule has 2 N–H and O–H groups in total. The average Bonchev–Trinajstić information content (AvgIpc) is 2.05. The molecule has 0 bridgehead atoms. The minimum Gasteiger partial charge on any atom is -0.228 e. The minimum atomic E-state index is 0.200. The van der Waals surface area contributed by atoms with Gasteiger partial charge in [0, 0.05) is 0 Å². The van der Waals surface area contributed by atoms with Crippen LogP contribution in [0.3, 0.4) is 0 Å². The second-order valence-electron chi connectivity index (χ2n) is 2.75. The summed E-state index contributed by atoms with van der Waals surface area (Å²) in [5.74, 6) is 5.30. The molecule has 0 aliphatic heterocycles. The largest absolute Gasteiger partial charge is 0.228 e. The summed E-state index contributed by atoms with van der Waals surface area (Å²) in [5, 5.41) is 3.73. The molecule has 0 atom stereocenters. The van der Waals surface area contributed by atoms with Gasteiger partial charge in [-0.2, -0.15) is 5.12 Å². The quantitative estimate of drug-likeness (QED) is 0.358. The highest BCUT2D eigenvalue weighted by molar-refractivity contribution is 4.69. The van der Waals surface area contributed by atoms with Crippen molar-refractivity contribution in [2.24, 2.45) is 11.1 Å². The molecule has 4 nitrogen and oxygen atoms in total. The summed E-state index contributed by atoms with van der Waals surface area (Å²) in [6, 6.07) is 0.200. The summed E-state index contributed by atoms with van der Waals surface area (Å²) < 4.78 is 0. The van der Waals surface area contributed by atoms with Gasteiger partial charge in [-0.05, 0) is 12.8 Å². The molecule has 0 unspecified atom stereocenters. The predicted octanol–water partition coefficient (Wildman–Crippen LogP) is 1.18. The van der Waals surface area contributed by atoms with Crippen LogP contribution in [-0.4, -0.2) is 11.2 Å². The van der Waals surface area contributed by atoms with Crippen LogP contribution in [0.2, 0.25) is 0 Å². The molecule has 0 spiro atoms. The molecule has 0 aromatic rings. The number of nitrogens with two attached hydrogens (primary N) is 1. The molecule has 1 fully saturated rings. The van der Waals surface area contributed by atoms with Crippen LogP contribution in [0.4, 0.5) is 0 Å². The van der Waals surface area contributed by atoms with Gasteiger partial charge in [0.15, 0.2) is 0 Å². The van der Waals surface area contributed by atoms with Gasteiger partial charge in [-0.25, -0.2) is 5.84 Å². The maximum Gasteiger partial charge on any atom is 0.0684 e. The molecule has 1 aliphatic carbocycles. The van der Waals surface area contributed by atoms with Gasteiger partial charge in [0.25, 0.3) is 0 Å². The van der Waals surface area contributed by atoms with E-state index < -0.39 is 0 Å². The van der Waals surface area contributed by atoms with E-state index in [-0.39, 0.29) is 6.04 Å². The summed E-state index contributed by atoms with van der Waals surface area (Å²) in [4.78, 5) is 9.96. The van der Waals surface area contributed by atoms with Crippen molar-refractivity contribution in [3.8, 4) is 0 Å². The van der Waals surface area contributed by atoms with E-state index in [0.717, 1.165) is 18.0 Å². The van der Waals surface area contributed by atoms with Gasteiger partial charge in [0.2, 0.25) is 0 Å². The number of hydrogen-bond donors (Lipinski definition) is 1. The lowest BCUT2D eigenvalue weighted by Gasteiger charge is -2.25. The molecule has 1 aliphatic rings. The SMILES string of the molecule is NN(N=O)C1CCCCC1. The topological polar surface area (TPSA) is 58.7 Å². The summed E-state index contributed by atoms with van der Waals surface area (Å²) >= 11 is 0. The van der Waals surface area contributed by atoms with Crippen LogP contribution in [0.15, 0.2) is 5.29 Å². The fourth-order valence-electron chi connectivity index (χ4n) is 1.41. The van der Waals surface area contributed by atoms with Gasteiger partial charge < -0.3 is 0 Å². The lowest BCUT2D eigenvalue weighted by Crippen LogP contribution is -2.37. The van der Waals surface area contributed by atoms with E-state index in [2.05, 4.69) is 5.29 Å². The first-order valence-corrected chi connectivity index (χ1v) is 3.72. The Bertz CT molecular complexity index is 112. The van der Waals surface area contributed by atoms with Crippen LogP contribution in [0.25, 0.3) is 0 Å². The van der Waals surface area contributed by atoms with Crippen LogP contribution >= 0.6 is 0 Å². The van der Waals surface area contributed by atoms with Crippen LogP contribution in [0.1, 0.15) is 32.1 Å². The second kappa shape index (κ2) is 3.51. The van der Waals surface area contributed by atoms with Crippen molar-refractivity contribution in [1.29, 1.82) is 0 Å². The van der Waals surface area contributed by atoms with Crippen LogP contribution < -0.4 is 5.84 Å². The van der Waals surface area contributed by atoms with Crippen molar-refractivity contribution in [2.75, 3.05) is 0 Å². The van der Waals surface area contributed by atoms with E-state index in [9.17, 15) is 4.91 Å². The van der Waals surface area contributed by atoms with Crippen LogP contribution in [0.5, 0.6) is 0 Å². The van der Waals surface area contributed by atoms with Crippen LogP contribution in [-0.2, 0) is 0 Å². The zero-order valence-electron chi connectivity index (χ0n) is 5.99. The summed E-state index contributed by atoms with van der Waals surface area (Å²) in [6.07, 6.45) is 5.65. The van der Waals surface area contributed by atoms with E-state index >= 15 is 0 Å². The van der Waals surface area contributed by atoms with Crippen LogP contribution in [0, 0.1) is 4.91 Å². The number of hydrazine groups is 1. The fourth-order valence-corrected chi connectivity index (χ4v) is 1.41. The van der Waals surface area contributed by atoms with E-state index in [1.54, 1.807) is 0 Å². The molecule has 0 aromatic carbocycles. The number of nitrogens with zero attached hydrogens (tertiary/aromatic N) is 2. The van der Waals surface area contributed by atoms with E-state index in [1.807, 2.05) is 0 Å². The van der Waals surface area contributed by atoms with Crippen molar-refractivity contribution < 1.29 is 0 Å². The Morgan fingerprint density at radius 2 is 1.90 bits per heavy atom. The Labute approximate surface area is 60.3 Å². The standard InChI is InChI=1S/C6H13N3O/c7-9(8-10)6-4-2-1-3-5-6/h6H,1-5,7H2. The van der Waals surface area contributed by atoms with Gasteiger partial charge in [-0.15, -0.1) is 4.91 Å². The highest BCUT2D eigenvalue weighted by Crippen LogP contribution is 2.20. The lowest BCUT2D eigenvalue weighted by molar-refractivity contribution is 0.162. The fraction of sp³-hybridized carbons (Fsp3) is 1.00. The first-order chi connectivity index (χ1) is 4.84. The summed E-state index contributed by atoms with van der Waals surface area (Å²) in [5.41, 5.74) is 0. The Kier molecular flexibility index (Phi) is 2.62. The number of rotatable bonds is 2. The molecule has 4 heteroatoms.